The molecule has 1 aromatic heterocycles. The third-order valence-corrected chi connectivity index (χ3v) is 3.80. The van der Waals surface area contributed by atoms with Crippen molar-refractivity contribution in [3.05, 3.63) is 46.3 Å². The smallest absolute Gasteiger partial charge is 0.337 e. The van der Waals surface area contributed by atoms with E-state index in [4.69, 9.17) is 5.11 Å². The van der Waals surface area contributed by atoms with Gasteiger partial charge in [0.1, 0.15) is 4.90 Å². The number of nitrogens with zero attached hydrogens (tertiary/aromatic N) is 2. The zero-order valence-electron chi connectivity index (χ0n) is 10.2. The van der Waals surface area contributed by atoms with E-state index in [1.54, 1.807) is 0 Å². The van der Waals surface area contributed by atoms with Crippen LogP contribution in [0, 0.1) is 10.1 Å². The van der Waals surface area contributed by atoms with Crippen molar-refractivity contribution in [2.75, 3.05) is 4.72 Å². The maximum Gasteiger partial charge on any atom is 0.337 e. The number of aromatic nitrogens is 2. The number of carboxylic acid groups (broad SMARTS) is 1. The molecule has 0 bridgehead atoms. The van der Waals surface area contributed by atoms with Gasteiger partial charge in [0.2, 0.25) is 0 Å². The van der Waals surface area contributed by atoms with Crippen LogP contribution in [0.15, 0.2) is 35.5 Å². The number of carbonyl (C=O) groups is 1. The zero-order valence-corrected chi connectivity index (χ0v) is 11.0. The molecule has 0 atom stereocenters. The second-order valence-corrected chi connectivity index (χ2v) is 5.51. The molecule has 0 fully saturated rings. The van der Waals surface area contributed by atoms with E-state index in [0.717, 1.165) is 30.6 Å². The van der Waals surface area contributed by atoms with Gasteiger partial charge in [-0.2, -0.15) is 5.10 Å². The van der Waals surface area contributed by atoms with Crippen LogP contribution in [0.1, 0.15) is 10.4 Å². The van der Waals surface area contributed by atoms with E-state index in [2.05, 4.69) is 10.2 Å². The zero-order chi connectivity index (χ0) is 15.6. The van der Waals surface area contributed by atoms with Crippen LogP contribution in [0.3, 0.4) is 0 Å². The van der Waals surface area contributed by atoms with Crippen LogP contribution in [0.4, 0.5) is 11.4 Å². The molecule has 21 heavy (non-hydrogen) atoms. The maximum absolute atomic E-state index is 12.0. The molecule has 10 nitrogen and oxygen atoms in total. The summed E-state index contributed by atoms with van der Waals surface area (Å²) in [6, 6.07) is 2.76. The van der Waals surface area contributed by atoms with E-state index >= 15 is 0 Å². The highest BCUT2D eigenvalue weighted by Gasteiger charge is 2.21. The van der Waals surface area contributed by atoms with E-state index in [0.29, 0.717) is 0 Å². The first kappa shape index (κ1) is 14.5. The summed E-state index contributed by atoms with van der Waals surface area (Å²) >= 11 is 0. The van der Waals surface area contributed by atoms with E-state index in [-0.39, 0.29) is 4.90 Å². The van der Waals surface area contributed by atoms with Gasteiger partial charge in [-0.15, -0.1) is 0 Å². The summed E-state index contributed by atoms with van der Waals surface area (Å²) in [5.74, 6) is -1.42. The first-order valence-corrected chi connectivity index (χ1v) is 6.83. The molecule has 2 rings (SSSR count). The van der Waals surface area contributed by atoms with Crippen LogP contribution in [-0.2, 0) is 10.0 Å². The third-order valence-electron chi connectivity index (χ3n) is 2.47. The van der Waals surface area contributed by atoms with Crippen molar-refractivity contribution in [1.82, 2.24) is 10.2 Å². The van der Waals surface area contributed by atoms with Gasteiger partial charge < -0.3 is 5.11 Å². The minimum Gasteiger partial charge on any atom is -0.478 e. The summed E-state index contributed by atoms with van der Waals surface area (Å²) in [6.07, 6.45) is 2.10. The van der Waals surface area contributed by atoms with Gasteiger partial charge >= 0.3 is 5.97 Å². The summed E-state index contributed by atoms with van der Waals surface area (Å²) in [5, 5.41) is 25.5. The predicted octanol–water partition coefficient (Wildman–Crippen LogP) is 0.817. The number of hydrogen-bond acceptors (Lipinski definition) is 6. The highest BCUT2D eigenvalue weighted by Crippen LogP contribution is 2.25. The number of aromatic amines is 1. The van der Waals surface area contributed by atoms with E-state index in [9.17, 15) is 23.3 Å². The summed E-state index contributed by atoms with van der Waals surface area (Å²) in [4.78, 5) is 20.8. The quantitative estimate of drug-likeness (QED) is 0.545. The number of sulfonamides is 1. The fourth-order valence-corrected chi connectivity index (χ4v) is 2.48. The molecule has 2 aromatic rings. The molecule has 0 unspecified atom stereocenters. The number of hydrogen-bond donors (Lipinski definition) is 3. The molecular formula is C10H8N4O6S. The van der Waals surface area contributed by atoms with Gasteiger partial charge in [-0.25, -0.2) is 13.2 Å². The molecule has 0 radical (unpaired) electrons. The summed E-state index contributed by atoms with van der Waals surface area (Å²) < 4.78 is 26.0. The average molecular weight is 312 g/mol. The number of aromatic carboxylic acids is 1. The summed E-state index contributed by atoms with van der Waals surface area (Å²) in [7, 11) is -4.10. The lowest BCUT2D eigenvalue weighted by atomic mass is 10.1. The Kier molecular flexibility index (Phi) is 3.58. The maximum atomic E-state index is 12.0. The number of carboxylic acids is 1. The summed E-state index contributed by atoms with van der Waals surface area (Å²) in [5.41, 5.74) is -1.25. The largest absolute Gasteiger partial charge is 0.478 e. The van der Waals surface area contributed by atoms with Gasteiger partial charge in [-0.1, -0.05) is 0 Å². The Morgan fingerprint density at radius 1 is 1.43 bits per heavy atom. The Morgan fingerprint density at radius 2 is 2.14 bits per heavy atom. The second kappa shape index (κ2) is 5.20. The normalized spacial score (nSPS) is 11.0. The molecule has 110 valence electrons. The van der Waals surface area contributed by atoms with Crippen LogP contribution >= 0.6 is 0 Å². The Balaban J connectivity index is 2.49. The van der Waals surface area contributed by atoms with E-state index < -0.39 is 37.9 Å². The minimum absolute atomic E-state index is 0.231. The fourth-order valence-electron chi connectivity index (χ4n) is 1.51. The lowest BCUT2D eigenvalue weighted by Crippen LogP contribution is -2.15. The van der Waals surface area contributed by atoms with Gasteiger partial charge in [0.05, 0.1) is 22.4 Å². The first-order valence-electron chi connectivity index (χ1n) is 5.34. The Hall–Kier alpha value is -2.95. The van der Waals surface area contributed by atoms with Crippen molar-refractivity contribution in [2.24, 2.45) is 0 Å². The first-order chi connectivity index (χ1) is 9.81. The standard InChI is InChI=1S/C10H8N4O6S/c15-10(16)8-2-1-6(14(17)18)3-9(8)13-21(19,20)7-4-11-12-5-7/h1-5,13H,(H,11,12)(H,15,16). The second-order valence-electron chi connectivity index (χ2n) is 3.83. The Labute approximate surface area is 117 Å². The molecule has 0 saturated heterocycles. The monoisotopic (exact) mass is 312 g/mol. The highest BCUT2D eigenvalue weighted by molar-refractivity contribution is 7.92. The van der Waals surface area contributed by atoms with Gasteiger partial charge in [0.15, 0.2) is 0 Å². The number of H-pyrrole nitrogens is 1. The van der Waals surface area contributed by atoms with Crippen LogP contribution in [-0.4, -0.2) is 34.6 Å². The van der Waals surface area contributed by atoms with E-state index in [1.165, 1.54) is 0 Å². The van der Waals surface area contributed by atoms with Gasteiger partial charge in [0, 0.05) is 18.3 Å². The Bertz CT molecular complexity index is 799. The van der Waals surface area contributed by atoms with Crippen molar-refractivity contribution in [1.29, 1.82) is 0 Å². The molecule has 0 aliphatic heterocycles. The van der Waals surface area contributed by atoms with Crippen LogP contribution in [0.25, 0.3) is 0 Å². The molecule has 0 amide bonds. The molecule has 1 heterocycles. The number of anilines is 1. The fraction of sp³-hybridized carbons (Fsp3) is 0. The highest BCUT2D eigenvalue weighted by atomic mass is 32.2. The van der Waals surface area contributed by atoms with Gasteiger partial charge in [0.25, 0.3) is 15.7 Å². The molecule has 3 N–H and O–H groups in total. The molecule has 0 spiro atoms. The summed E-state index contributed by atoms with van der Waals surface area (Å²) in [6.45, 7) is 0. The van der Waals surface area contributed by atoms with Crippen molar-refractivity contribution >= 4 is 27.4 Å². The van der Waals surface area contributed by atoms with Crippen molar-refractivity contribution in [3.8, 4) is 0 Å². The SMILES string of the molecule is O=C(O)c1ccc([N+](=O)[O-])cc1NS(=O)(=O)c1cn[nH]c1. The third kappa shape index (κ3) is 2.97. The molecule has 0 aliphatic carbocycles. The Morgan fingerprint density at radius 3 is 2.67 bits per heavy atom. The van der Waals surface area contributed by atoms with Crippen LogP contribution < -0.4 is 4.72 Å². The number of benzene rings is 1. The van der Waals surface area contributed by atoms with Crippen LogP contribution in [0.5, 0.6) is 0 Å². The average Bonchev–Trinajstić information content (AvgIpc) is 2.92. The van der Waals surface area contributed by atoms with Crippen molar-refractivity contribution in [2.45, 2.75) is 4.90 Å². The molecule has 1 aromatic carbocycles. The van der Waals surface area contributed by atoms with Gasteiger partial charge in [-0.05, 0) is 6.07 Å². The van der Waals surface area contributed by atoms with E-state index in [1.807, 2.05) is 4.72 Å². The predicted molar refractivity (Wildman–Crippen MR) is 69.5 cm³/mol. The topological polar surface area (TPSA) is 155 Å². The lowest BCUT2D eigenvalue weighted by Gasteiger charge is -2.09. The van der Waals surface area contributed by atoms with Crippen molar-refractivity contribution < 1.29 is 23.2 Å². The number of nitrogens with one attached hydrogen (secondary N) is 2. The molecular weight excluding hydrogens is 304 g/mol. The number of nitro groups is 1. The number of non-ortho nitro benzene ring substituents is 1. The van der Waals surface area contributed by atoms with Crippen molar-refractivity contribution in [3.63, 3.8) is 0 Å². The molecule has 0 aliphatic rings. The lowest BCUT2D eigenvalue weighted by molar-refractivity contribution is -0.384. The molecule has 11 heteroatoms. The van der Waals surface area contributed by atoms with Crippen LogP contribution in [0.2, 0.25) is 0 Å². The minimum atomic E-state index is -4.10. The van der Waals surface area contributed by atoms with Gasteiger partial charge in [-0.3, -0.25) is 19.9 Å². The number of nitro benzene ring substituents is 1. The number of rotatable bonds is 5. The molecule has 0 saturated carbocycles.